The van der Waals surface area contributed by atoms with Crippen molar-refractivity contribution in [3.8, 4) is 0 Å². The van der Waals surface area contributed by atoms with Crippen molar-refractivity contribution in [2.45, 2.75) is 39.7 Å². The lowest BCUT2D eigenvalue weighted by molar-refractivity contribution is -0.136. The molecule has 2 saturated heterocycles. The smallest absolute Gasteiger partial charge is 0.222 e. The van der Waals surface area contributed by atoms with Gasteiger partial charge in [0, 0.05) is 57.4 Å². The standard InChI is InChI=1S/C20H31N3O/c1-16(2)23-15-18(8-9-20(23)24)14-21-10-12-22(13-11-21)19-7-5-4-6-17(19)3/h4-7,16,18H,8-15H2,1-3H3. The molecule has 1 atom stereocenters. The van der Waals surface area contributed by atoms with Crippen molar-refractivity contribution in [1.29, 1.82) is 0 Å². The number of rotatable bonds is 4. The molecule has 3 rings (SSSR count). The maximum atomic E-state index is 12.0. The van der Waals surface area contributed by atoms with Gasteiger partial charge >= 0.3 is 0 Å². The van der Waals surface area contributed by atoms with Crippen LogP contribution < -0.4 is 4.90 Å². The topological polar surface area (TPSA) is 26.8 Å². The number of likely N-dealkylation sites (tertiary alicyclic amines) is 1. The molecule has 1 aromatic rings. The molecule has 2 fully saturated rings. The molecule has 2 aliphatic rings. The number of hydrogen-bond acceptors (Lipinski definition) is 3. The summed E-state index contributed by atoms with van der Waals surface area (Å²) in [5, 5.41) is 0. The molecule has 0 aromatic heterocycles. The Bertz CT molecular complexity index is 564. The van der Waals surface area contributed by atoms with E-state index in [-0.39, 0.29) is 0 Å². The third-order valence-electron chi connectivity index (χ3n) is 5.51. The van der Waals surface area contributed by atoms with E-state index in [4.69, 9.17) is 0 Å². The van der Waals surface area contributed by atoms with E-state index in [1.165, 1.54) is 11.3 Å². The van der Waals surface area contributed by atoms with E-state index in [0.29, 0.717) is 17.9 Å². The zero-order valence-electron chi connectivity index (χ0n) is 15.4. The highest BCUT2D eigenvalue weighted by atomic mass is 16.2. The van der Waals surface area contributed by atoms with Crippen molar-refractivity contribution in [2.75, 3.05) is 44.2 Å². The third-order valence-corrected chi connectivity index (χ3v) is 5.51. The van der Waals surface area contributed by atoms with Crippen LogP contribution in [0.1, 0.15) is 32.3 Å². The zero-order chi connectivity index (χ0) is 17.1. The molecule has 0 N–H and O–H groups in total. The van der Waals surface area contributed by atoms with E-state index in [1.807, 2.05) is 0 Å². The lowest BCUT2D eigenvalue weighted by Crippen LogP contribution is -2.51. The molecule has 0 bridgehead atoms. The molecule has 0 spiro atoms. The number of piperazine rings is 1. The Balaban J connectivity index is 1.51. The van der Waals surface area contributed by atoms with Gasteiger partial charge in [0.05, 0.1) is 0 Å². The number of carbonyl (C=O) groups is 1. The molecule has 4 nitrogen and oxygen atoms in total. The van der Waals surface area contributed by atoms with Crippen molar-refractivity contribution >= 4 is 11.6 Å². The largest absolute Gasteiger partial charge is 0.369 e. The first-order valence-corrected chi connectivity index (χ1v) is 9.37. The summed E-state index contributed by atoms with van der Waals surface area (Å²) in [6.07, 6.45) is 1.78. The number of aryl methyl sites for hydroxylation is 1. The first-order chi connectivity index (χ1) is 11.5. The fourth-order valence-electron chi connectivity index (χ4n) is 4.05. The molecule has 0 radical (unpaired) electrons. The van der Waals surface area contributed by atoms with Gasteiger partial charge in [-0.1, -0.05) is 18.2 Å². The van der Waals surface area contributed by atoms with Gasteiger partial charge in [0.15, 0.2) is 0 Å². The van der Waals surface area contributed by atoms with Crippen LogP contribution in [0, 0.1) is 12.8 Å². The quantitative estimate of drug-likeness (QED) is 0.850. The minimum absolute atomic E-state index is 0.332. The van der Waals surface area contributed by atoms with Crippen LogP contribution in [0.15, 0.2) is 24.3 Å². The van der Waals surface area contributed by atoms with Gasteiger partial charge in [-0.2, -0.15) is 0 Å². The highest BCUT2D eigenvalue weighted by molar-refractivity contribution is 5.77. The number of anilines is 1. The third kappa shape index (κ3) is 3.92. The van der Waals surface area contributed by atoms with E-state index in [0.717, 1.165) is 52.1 Å². The van der Waals surface area contributed by atoms with Crippen LogP contribution in [0.2, 0.25) is 0 Å². The van der Waals surface area contributed by atoms with E-state index in [2.05, 4.69) is 59.7 Å². The highest BCUT2D eigenvalue weighted by Gasteiger charge is 2.29. The Morgan fingerprint density at radius 3 is 2.50 bits per heavy atom. The van der Waals surface area contributed by atoms with Gasteiger partial charge < -0.3 is 9.80 Å². The molecule has 132 valence electrons. The summed E-state index contributed by atoms with van der Waals surface area (Å²) in [4.78, 5) is 19.2. The van der Waals surface area contributed by atoms with Gasteiger partial charge in [0.2, 0.25) is 5.91 Å². The van der Waals surface area contributed by atoms with Crippen LogP contribution in [0.3, 0.4) is 0 Å². The normalized spacial score (nSPS) is 23.2. The van der Waals surface area contributed by atoms with Gasteiger partial charge in [-0.15, -0.1) is 0 Å². The molecule has 2 aliphatic heterocycles. The molecule has 24 heavy (non-hydrogen) atoms. The first kappa shape index (κ1) is 17.3. The zero-order valence-corrected chi connectivity index (χ0v) is 15.4. The molecule has 1 aromatic carbocycles. The van der Waals surface area contributed by atoms with Crippen LogP contribution in [0.25, 0.3) is 0 Å². The average molecular weight is 329 g/mol. The number of piperidine rings is 1. The van der Waals surface area contributed by atoms with E-state index >= 15 is 0 Å². The predicted molar refractivity (Wildman–Crippen MR) is 99.4 cm³/mol. The van der Waals surface area contributed by atoms with Gasteiger partial charge in [0.1, 0.15) is 0 Å². The maximum absolute atomic E-state index is 12.0. The predicted octanol–water partition coefficient (Wildman–Crippen LogP) is 2.76. The van der Waals surface area contributed by atoms with Crippen LogP contribution >= 0.6 is 0 Å². The van der Waals surface area contributed by atoms with Crippen molar-refractivity contribution in [3.63, 3.8) is 0 Å². The monoisotopic (exact) mass is 329 g/mol. The SMILES string of the molecule is Cc1ccccc1N1CCN(CC2CCC(=O)N(C(C)C)C2)CC1. The second-order valence-corrected chi connectivity index (χ2v) is 7.62. The molecule has 0 aliphatic carbocycles. The number of para-hydroxylation sites is 1. The molecule has 0 saturated carbocycles. The summed E-state index contributed by atoms with van der Waals surface area (Å²) >= 11 is 0. The van der Waals surface area contributed by atoms with Gasteiger partial charge in [-0.25, -0.2) is 0 Å². The first-order valence-electron chi connectivity index (χ1n) is 9.37. The highest BCUT2D eigenvalue weighted by Crippen LogP contribution is 2.23. The van der Waals surface area contributed by atoms with Crippen LogP contribution in [0.4, 0.5) is 5.69 Å². The summed E-state index contributed by atoms with van der Waals surface area (Å²) in [6, 6.07) is 9.01. The van der Waals surface area contributed by atoms with Crippen LogP contribution in [-0.2, 0) is 4.79 Å². The Kier molecular flexibility index (Phi) is 5.44. The maximum Gasteiger partial charge on any atom is 0.222 e. The van der Waals surface area contributed by atoms with Crippen LogP contribution in [-0.4, -0.2) is 61.0 Å². The van der Waals surface area contributed by atoms with Gasteiger partial charge in [-0.3, -0.25) is 9.69 Å². The summed E-state index contributed by atoms with van der Waals surface area (Å²) in [7, 11) is 0. The Morgan fingerprint density at radius 1 is 1.12 bits per heavy atom. The van der Waals surface area contributed by atoms with Crippen molar-refractivity contribution in [3.05, 3.63) is 29.8 Å². The number of benzene rings is 1. The molecular weight excluding hydrogens is 298 g/mol. The fraction of sp³-hybridized carbons (Fsp3) is 0.650. The summed E-state index contributed by atoms with van der Waals surface area (Å²) < 4.78 is 0. The number of amides is 1. The van der Waals surface area contributed by atoms with Crippen LogP contribution in [0.5, 0.6) is 0 Å². The van der Waals surface area contributed by atoms with Gasteiger partial charge in [0.25, 0.3) is 0 Å². The Morgan fingerprint density at radius 2 is 1.83 bits per heavy atom. The summed E-state index contributed by atoms with van der Waals surface area (Å²) in [5.74, 6) is 0.973. The number of nitrogens with zero attached hydrogens (tertiary/aromatic N) is 3. The lowest BCUT2D eigenvalue weighted by Gasteiger charge is -2.41. The molecule has 2 heterocycles. The Labute approximate surface area is 146 Å². The molecule has 1 amide bonds. The van der Waals surface area contributed by atoms with Crippen molar-refractivity contribution in [2.24, 2.45) is 5.92 Å². The van der Waals surface area contributed by atoms with E-state index in [9.17, 15) is 4.79 Å². The Hall–Kier alpha value is -1.55. The van der Waals surface area contributed by atoms with Crippen molar-refractivity contribution < 1.29 is 4.79 Å². The van der Waals surface area contributed by atoms with E-state index < -0.39 is 0 Å². The molecular formula is C20H31N3O. The lowest BCUT2D eigenvalue weighted by atomic mass is 9.95. The summed E-state index contributed by atoms with van der Waals surface area (Å²) in [5.41, 5.74) is 2.75. The summed E-state index contributed by atoms with van der Waals surface area (Å²) in [6.45, 7) is 13.0. The van der Waals surface area contributed by atoms with Crippen molar-refractivity contribution in [1.82, 2.24) is 9.80 Å². The second kappa shape index (κ2) is 7.56. The van der Waals surface area contributed by atoms with Gasteiger partial charge in [-0.05, 0) is 44.7 Å². The number of hydrogen-bond donors (Lipinski definition) is 0. The molecule has 4 heteroatoms. The second-order valence-electron chi connectivity index (χ2n) is 7.62. The average Bonchev–Trinajstić information content (AvgIpc) is 2.58. The van der Waals surface area contributed by atoms with E-state index in [1.54, 1.807) is 0 Å². The minimum Gasteiger partial charge on any atom is -0.369 e. The fourth-order valence-corrected chi connectivity index (χ4v) is 4.05. The number of carbonyl (C=O) groups excluding carboxylic acids is 1. The minimum atomic E-state index is 0.332. The molecule has 1 unspecified atom stereocenters.